The Morgan fingerprint density at radius 2 is 1.81 bits per heavy atom. The highest BCUT2D eigenvalue weighted by Crippen LogP contribution is 2.34. The predicted octanol–water partition coefficient (Wildman–Crippen LogP) is 3.80. The fraction of sp³-hybridized carbons (Fsp3) is 0.450. The molecule has 0 radical (unpaired) electrons. The minimum atomic E-state index is -3.83. The van der Waals surface area contributed by atoms with Crippen molar-refractivity contribution in [2.45, 2.75) is 43.6 Å². The van der Waals surface area contributed by atoms with Crippen molar-refractivity contribution in [3.8, 4) is 0 Å². The molecule has 0 atom stereocenters. The Bertz CT molecular complexity index is 1100. The quantitative estimate of drug-likeness (QED) is 0.688. The molecule has 0 spiro atoms. The second-order valence-electron chi connectivity index (χ2n) is 7.75. The lowest BCUT2D eigenvalue weighted by Crippen LogP contribution is -2.39. The first-order valence-corrected chi connectivity index (χ1v) is 12.6. The number of sulfone groups is 1. The van der Waals surface area contributed by atoms with E-state index in [9.17, 15) is 26.8 Å². The van der Waals surface area contributed by atoms with Crippen molar-refractivity contribution in [3.05, 3.63) is 40.4 Å². The predicted molar refractivity (Wildman–Crippen MR) is 115 cm³/mol. The van der Waals surface area contributed by atoms with Gasteiger partial charge in [-0.15, -0.1) is 11.3 Å². The van der Waals surface area contributed by atoms with E-state index in [1.165, 1.54) is 11.3 Å². The SMILES string of the molecule is CC(C)OC(=O)N1CCC(c2cnc(NC(=O)c3c(F)cc(S(C)(=O)=O)cc3F)s2)CC1. The zero-order chi connectivity index (χ0) is 23.6. The maximum Gasteiger partial charge on any atom is 0.410 e. The maximum absolute atomic E-state index is 14.2. The molecule has 3 rings (SSSR count). The standard InChI is InChI=1S/C20H23F2N3O5S2/c1-11(2)30-20(27)25-6-4-12(5-7-25)16-10-23-19(31-16)24-18(26)17-14(21)8-13(9-15(17)22)32(3,28)29/h8-12H,4-7H2,1-3H3,(H,23,24,26). The summed E-state index contributed by atoms with van der Waals surface area (Å²) in [5.41, 5.74) is -0.883. The van der Waals surface area contributed by atoms with Crippen LogP contribution in [-0.4, -0.2) is 55.8 Å². The Hall–Kier alpha value is -2.60. The summed E-state index contributed by atoms with van der Waals surface area (Å²) in [4.78, 5) is 30.5. The molecule has 1 N–H and O–H groups in total. The second-order valence-corrected chi connectivity index (χ2v) is 10.8. The number of amides is 2. The van der Waals surface area contributed by atoms with Gasteiger partial charge in [-0.2, -0.15) is 0 Å². The van der Waals surface area contributed by atoms with E-state index in [0.29, 0.717) is 38.1 Å². The molecule has 0 aliphatic carbocycles. The zero-order valence-corrected chi connectivity index (χ0v) is 19.4. The number of halogens is 2. The Balaban J connectivity index is 1.65. The van der Waals surface area contributed by atoms with Crippen LogP contribution in [0.15, 0.2) is 23.2 Å². The van der Waals surface area contributed by atoms with Crippen LogP contribution in [0.5, 0.6) is 0 Å². The van der Waals surface area contributed by atoms with Crippen LogP contribution in [0, 0.1) is 11.6 Å². The zero-order valence-electron chi connectivity index (χ0n) is 17.7. The summed E-state index contributed by atoms with van der Waals surface area (Å²) < 4.78 is 56.7. The second kappa shape index (κ2) is 9.49. The fourth-order valence-electron chi connectivity index (χ4n) is 3.30. The van der Waals surface area contributed by atoms with Crippen molar-refractivity contribution in [2.24, 2.45) is 0 Å². The van der Waals surface area contributed by atoms with Gasteiger partial charge in [0.2, 0.25) is 0 Å². The molecule has 174 valence electrons. The van der Waals surface area contributed by atoms with E-state index in [1.807, 2.05) is 0 Å². The van der Waals surface area contributed by atoms with Gasteiger partial charge in [0.25, 0.3) is 5.91 Å². The Morgan fingerprint density at radius 3 is 2.34 bits per heavy atom. The van der Waals surface area contributed by atoms with Crippen LogP contribution in [0.1, 0.15) is 47.8 Å². The maximum atomic E-state index is 14.2. The Morgan fingerprint density at radius 1 is 1.22 bits per heavy atom. The summed E-state index contributed by atoms with van der Waals surface area (Å²) in [5.74, 6) is -3.49. The van der Waals surface area contributed by atoms with Crippen LogP contribution >= 0.6 is 11.3 Å². The van der Waals surface area contributed by atoms with Gasteiger partial charge in [-0.25, -0.2) is 27.0 Å². The molecule has 12 heteroatoms. The molecule has 32 heavy (non-hydrogen) atoms. The number of anilines is 1. The topological polar surface area (TPSA) is 106 Å². The van der Waals surface area contributed by atoms with Gasteiger partial charge in [0, 0.05) is 30.4 Å². The number of ether oxygens (including phenoxy) is 1. The third-order valence-corrected chi connectivity index (χ3v) is 7.07. The summed E-state index contributed by atoms with van der Waals surface area (Å²) in [6, 6.07) is 1.22. The summed E-state index contributed by atoms with van der Waals surface area (Å²) in [5, 5.41) is 2.53. The molecule has 2 aromatic rings. The van der Waals surface area contributed by atoms with Crippen LogP contribution < -0.4 is 5.32 Å². The number of nitrogens with zero attached hydrogens (tertiary/aromatic N) is 2. The highest BCUT2D eigenvalue weighted by molar-refractivity contribution is 7.90. The summed E-state index contributed by atoms with van der Waals surface area (Å²) in [6.45, 7) is 4.63. The summed E-state index contributed by atoms with van der Waals surface area (Å²) in [7, 11) is -3.83. The van der Waals surface area contributed by atoms with Crippen molar-refractivity contribution < 1.29 is 31.5 Å². The smallest absolute Gasteiger partial charge is 0.410 e. The van der Waals surface area contributed by atoms with Gasteiger partial charge in [0.1, 0.15) is 17.2 Å². The number of carbonyl (C=O) groups excluding carboxylic acids is 2. The van der Waals surface area contributed by atoms with Crippen LogP contribution in [0.4, 0.5) is 18.7 Å². The van der Waals surface area contributed by atoms with Crippen molar-refractivity contribution in [2.75, 3.05) is 24.7 Å². The van der Waals surface area contributed by atoms with E-state index in [4.69, 9.17) is 4.74 Å². The van der Waals surface area contributed by atoms with E-state index in [-0.39, 0.29) is 23.2 Å². The Labute approximate surface area is 188 Å². The minimum Gasteiger partial charge on any atom is -0.447 e. The minimum absolute atomic E-state index is 0.128. The number of hydrogen-bond donors (Lipinski definition) is 1. The number of piperidine rings is 1. The molecule has 0 bridgehead atoms. The third-order valence-electron chi connectivity index (χ3n) is 4.91. The number of carbonyl (C=O) groups is 2. The van der Waals surface area contributed by atoms with Gasteiger partial charge in [0.05, 0.1) is 11.0 Å². The number of rotatable bonds is 5. The molecular formula is C20H23F2N3O5S2. The fourth-order valence-corrected chi connectivity index (χ4v) is 4.91. The summed E-state index contributed by atoms with van der Waals surface area (Å²) in [6.07, 6.45) is 3.26. The number of aromatic nitrogens is 1. The van der Waals surface area contributed by atoms with Crippen LogP contribution in [0.25, 0.3) is 0 Å². The van der Waals surface area contributed by atoms with Crippen molar-refractivity contribution in [1.82, 2.24) is 9.88 Å². The molecule has 1 aliphatic heterocycles. The van der Waals surface area contributed by atoms with Gasteiger partial charge in [-0.1, -0.05) is 0 Å². The largest absolute Gasteiger partial charge is 0.447 e. The molecule has 2 heterocycles. The normalized spacial score (nSPS) is 15.1. The first-order chi connectivity index (χ1) is 15.0. The first kappa shape index (κ1) is 24.1. The highest BCUT2D eigenvalue weighted by atomic mass is 32.2. The lowest BCUT2D eigenvalue weighted by Gasteiger charge is -2.31. The van der Waals surface area contributed by atoms with E-state index in [1.54, 1.807) is 24.9 Å². The van der Waals surface area contributed by atoms with Crippen LogP contribution in [0.3, 0.4) is 0 Å². The van der Waals surface area contributed by atoms with Crippen molar-refractivity contribution in [3.63, 3.8) is 0 Å². The third kappa shape index (κ3) is 5.60. The highest BCUT2D eigenvalue weighted by Gasteiger charge is 2.27. The molecular weight excluding hydrogens is 464 g/mol. The molecule has 1 aliphatic rings. The van der Waals surface area contributed by atoms with Gasteiger partial charge in [-0.3, -0.25) is 10.1 Å². The molecule has 1 aromatic carbocycles. The monoisotopic (exact) mass is 487 g/mol. The Kier molecular flexibility index (Phi) is 7.13. The lowest BCUT2D eigenvalue weighted by molar-refractivity contribution is 0.0693. The van der Waals surface area contributed by atoms with E-state index >= 15 is 0 Å². The molecule has 1 aromatic heterocycles. The number of benzene rings is 1. The lowest BCUT2D eigenvalue weighted by atomic mass is 9.96. The van der Waals surface area contributed by atoms with Gasteiger partial charge >= 0.3 is 6.09 Å². The number of likely N-dealkylation sites (tertiary alicyclic amines) is 1. The molecule has 2 amide bonds. The molecule has 0 unspecified atom stereocenters. The van der Waals surface area contributed by atoms with Gasteiger partial charge in [-0.05, 0) is 44.7 Å². The molecule has 1 fully saturated rings. The van der Waals surface area contributed by atoms with Crippen LogP contribution in [0.2, 0.25) is 0 Å². The average molecular weight is 488 g/mol. The average Bonchev–Trinajstić information content (AvgIpc) is 3.14. The van der Waals surface area contributed by atoms with Gasteiger partial charge < -0.3 is 9.64 Å². The van der Waals surface area contributed by atoms with E-state index in [0.717, 1.165) is 11.1 Å². The molecule has 8 nitrogen and oxygen atoms in total. The number of nitrogens with one attached hydrogen (secondary N) is 1. The van der Waals surface area contributed by atoms with Gasteiger partial charge in [0.15, 0.2) is 15.0 Å². The van der Waals surface area contributed by atoms with E-state index in [2.05, 4.69) is 10.3 Å². The van der Waals surface area contributed by atoms with E-state index < -0.39 is 37.8 Å². The number of hydrogen-bond acceptors (Lipinski definition) is 7. The molecule has 1 saturated heterocycles. The van der Waals surface area contributed by atoms with Crippen molar-refractivity contribution in [1.29, 1.82) is 0 Å². The summed E-state index contributed by atoms with van der Waals surface area (Å²) >= 11 is 1.18. The number of thiazole rings is 1. The molecule has 0 saturated carbocycles. The van der Waals surface area contributed by atoms with Crippen molar-refractivity contribution >= 4 is 38.3 Å². The van der Waals surface area contributed by atoms with Crippen LogP contribution in [-0.2, 0) is 14.6 Å². The first-order valence-electron chi connectivity index (χ1n) is 9.87.